The lowest BCUT2D eigenvalue weighted by Gasteiger charge is -2.06. The van der Waals surface area contributed by atoms with Gasteiger partial charge in [0.2, 0.25) is 0 Å². The Balaban J connectivity index is 1.81. The summed E-state index contributed by atoms with van der Waals surface area (Å²) in [7, 11) is 0. The highest BCUT2D eigenvalue weighted by molar-refractivity contribution is 7.99. The minimum Gasteiger partial charge on any atom is -0.352 e. The van der Waals surface area contributed by atoms with Gasteiger partial charge in [0, 0.05) is 23.6 Å². The standard InChI is InChI=1S/C16H15FN2O3S/c17-15-8-7-12(19(21)22)11-14(15)16(20)18-9-4-10-23-13-5-2-1-3-6-13/h1-3,5-8,11H,4,9-10H2,(H,18,20). The van der Waals surface area contributed by atoms with Crippen molar-refractivity contribution in [2.45, 2.75) is 11.3 Å². The summed E-state index contributed by atoms with van der Waals surface area (Å²) in [6, 6.07) is 12.8. The third-order valence-electron chi connectivity index (χ3n) is 3.02. The molecule has 0 saturated heterocycles. The van der Waals surface area contributed by atoms with Gasteiger partial charge in [-0.1, -0.05) is 18.2 Å². The molecule has 0 radical (unpaired) electrons. The summed E-state index contributed by atoms with van der Waals surface area (Å²) in [5, 5.41) is 13.2. The van der Waals surface area contributed by atoms with Crippen molar-refractivity contribution < 1.29 is 14.1 Å². The average molecular weight is 334 g/mol. The number of benzene rings is 2. The molecule has 2 rings (SSSR count). The maximum atomic E-state index is 13.6. The molecular weight excluding hydrogens is 319 g/mol. The van der Waals surface area contributed by atoms with Crippen LogP contribution in [0.1, 0.15) is 16.8 Å². The smallest absolute Gasteiger partial charge is 0.270 e. The molecule has 0 atom stereocenters. The molecule has 0 aliphatic carbocycles. The minimum atomic E-state index is -0.772. The number of carbonyl (C=O) groups is 1. The van der Waals surface area contributed by atoms with Gasteiger partial charge in [-0.2, -0.15) is 0 Å². The van der Waals surface area contributed by atoms with Gasteiger partial charge in [-0.3, -0.25) is 14.9 Å². The second-order valence-corrected chi connectivity index (χ2v) is 5.86. The van der Waals surface area contributed by atoms with Crippen LogP contribution in [-0.4, -0.2) is 23.1 Å². The van der Waals surface area contributed by atoms with Crippen LogP contribution < -0.4 is 5.32 Å². The first-order chi connectivity index (χ1) is 11.1. The third kappa shape index (κ3) is 5.07. The molecule has 0 aliphatic rings. The highest BCUT2D eigenvalue weighted by Crippen LogP contribution is 2.18. The Morgan fingerprint density at radius 1 is 1.22 bits per heavy atom. The largest absolute Gasteiger partial charge is 0.352 e. The van der Waals surface area contributed by atoms with Gasteiger partial charge in [0.15, 0.2) is 0 Å². The first-order valence-electron chi connectivity index (χ1n) is 6.98. The van der Waals surface area contributed by atoms with Crippen LogP contribution in [0.15, 0.2) is 53.4 Å². The van der Waals surface area contributed by atoms with E-state index in [1.54, 1.807) is 11.8 Å². The first-order valence-corrected chi connectivity index (χ1v) is 7.96. The third-order valence-corrected chi connectivity index (χ3v) is 4.12. The van der Waals surface area contributed by atoms with Crippen LogP contribution in [0.5, 0.6) is 0 Å². The van der Waals surface area contributed by atoms with Crippen LogP contribution in [0.25, 0.3) is 0 Å². The average Bonchev–Trinajstić information content (AvgIpc) is 2.55. The molecule has 0 aliphatic heterocycles. The number of nitrogens with one attached hydrogen (secondary N) is 1. The number of rotatable bonds is 7. The van der Waals surface area contributed by atoms with E-state index < -0.39 is 16.6 Å². The number of nitro benzene ring substituents is 1. The van der Waals surface area contributed by atoms with E-state index in [1.165, 1.54) is 0 Å². The fraction of sp³-hybridized carbons (Fsp3) is 0.188. The molecule has 2 aromatic carbocycles. The molecule has 1 amide bonds. The lowest BCUT2D eigenvalue weighted by atomic mass is 10.1. The highest BCUT2D eigenvalue weighted by Gasteiger charge is 2.16. The molecule has 0 saturated carbocycles. The van der Waals surface area contributed by atoms with Gasteiger partial charge in [-0.15, -0.1) is 11.8 Å². The fourth-order valence-corrected chi connectivity index (χ4v) is 2.75. The molecule has 0 heterocycles. The summed E-state index contributed by atoms with van der Waals surface area (Å²) < 4.78 is 13.6. The van der Waals surface area contributed by atoms with Gasteiger partial charge in [0.1, 0.15) is 5.82 Å². The number of nitrogens with zero attached hydrogens (tertiary/aromatic N) is 1. The molecule has 0 spiro atoms. The van der Waals surface area contributed by atoms with E-state index in [2.05, 4.69) is 5.32 Å². The summed E-state index contributed by atoms with van der Waals surface area (Å²) in [4.78, 5) is 23.0. The summed E-state index contributed by atoms with van der Waals surface area (Å²) in [5.74, 6) is -0.607. The molecule has 0 aromatic heterocycles. The SMILES string of the molecule is O=C(NCCCSc1ccccc1)c1cc([N+](=O)[O-])ccc1F. The van der Waals surface area contributed by atoms with Crippen molar-refractivity contribution in [3.63, 3.8) is 0 Å². The lowest BCUT2D eigenvalue weighted by Crippen LogP contribution is -2.25. The molecule has 0 unspecified atom stereocenters. The van der Waals surface area contributed by atoms with Crippen molar-refractivity contribution in [2.24, 2.45) is 0 Å². The normalized spacial score (nSPS) is 10.3. The maximum absolute atomic E-state index is 13.6. The van der Waals surface area contributed by atoms with Crippen LogP contribution in [0.3, 0.4) is 0 Å². The quantitative estimate of drug-likeness (QED) is 0.363. The van der Waals surface area contributed by atoms with Gasteiger partial charge in [0.25, 0.3) is 11.6 Å². The molecule has 23 heavy (non-hydrogen) atoms. The van der Waals surface area contributed by atoms with Gasteiger partial charge in [-0.25, -0.2) is 4.39 Å². The topological polar surface area (TPSA) is 72.2 Å². The van der Waals surface area contributed by atoms with Crippen molar-refractivity contribution >= 4 is 23.4 Å². The van der Waals surface area contributed by atoms with Crippen LogP contribution >= 0.6 is 11.8 Å². The first kappa shape index (κ1) is 17.0. The summed E-state index contributed by atoms with van der Waals surface area (Å²) in [6.07, 6.45) is 0.710. The number of hydrogen-bond donors (Lipinski definition) is 1. The fourth-order valence-electron chi connectivity index (χ4n) is 1.88. The Labute approximate surface area is 137 Å². The molecule has 5 nitrogen and oxygen atoms in total. The molecule has 0 bridgehead atoms. The number of nitro groups is 1. The van der Waals surface area contributed by atoms with Gasteiger partial charge >= 0.3 is 0 Å². The second kappa shape index (κ2) is 8.28. The van der Waals surface area contributed by atoms with E-state index in [1.807, 2.05) is 30.3 Å². The van der Waals surface area contributed by atoms with Gasteiger partial charge in [0.05, 0.1) is 10.5 Å². The zero-order chi connectivity index (χ0) is 16.7. The second-order valence-electron chi connectivity index (χ2n) is 4.69. The molecule has 2 aromatic rings. The predicted octanol–water partition coefficient (Wildman–Crippen LogP) is 3.65. The summed E-state index contributed by atoms with van der Waals surface area (Å²) in [5.41, 5.74) is -0.619. The molecule has 1 N–H and O–H groups in total. The van der Waals surface area contributed by atoms with E-state index in [9.17, 15) is 19.3 Å². The van der Waals surface area contributed by atoms with Crippen molar-refractivity contribution in [3.8, 4) is 0 Å². The number of amides is 1. The molecule has 120 valence electrons. The maximum Gasteiger partial charge on any atom is 0.270 e. The Morgan fingerprint density at radius 2 is 1.96 bits per heavy atom. The van der Waals surface area contributed by atoms with Crippen LogP contribution in [0, 0.1) is 15.9 Å². The van der Waals surface area contributed by atoms with Gasteiger partial charge in [-0.05, 0) is 30.4 Å². The Hall–Kier alpha value is -2.41. The predicted molar refractivity (Wildman–Crippen MR) is 87.2 cm³/mol. The minimum absolute atomic E-state index is 0.309. The van der Waals surface area contributed by atoms with Gasteiger partial charge < -0.3 is 5.32 Å². The molecular formula is C16H15FN2O3S. The Bertz CT molecular complexity index is 695. The molecule has 0 fully saturated rings. The van der Waals surface area contributed by atoms with E-state index in [4.69, 9.17) is 0 Å². The Kier molecular flexibility index (Phi) is 6.10. The summed E-state index contributed by atoms with van der Waals surface area (Å²) in [6.45, 7) is 0.376. The van der Waals surface area contributed by atoms with Crippen LogP contribution in [0.2, 0.25) is 0 Å². The number of hydrogen-bond acceptors (Lipinski definition) is 4. The van der Waals surface area contributed by atoms with Crippen molar-refractivity contribution in [1.82, 2.24) is 5.32 Å². The van der Waals surface area contributed by atoms with E-state index in [0.29, 0.717) is 13.0 Å². The Morgan fingerprint density at radius 3 is 2.65 bits per heavy atom. The van der Waals surface area contributed by atoms with Crippen molar-refractivity contribution in [1.29, 1.82) is 0 Å². The highest BCUT2D eigenvalue weighted by atomic mass is 32.2. The van der Waals surface area contributed by atoms with E-state index in [0.717, 1.165) is 28.8 Å². The number of halogens is 1. The van der Waals surface area contributed by atoms with Crippen molar-refractivity contribution in [2.75, 3.05) is 12.3 Å². The number of carbonyl (C=O) groups excluding carboxylic acids is 1. The summed E-state index contributed by atoms with van der Waals surface area (Å²) >= 11 is 1.66. The molecule has 7 heteroatoms. The lowest BCUT2D eigenvalue weighted by molar-refractivity contribution is -0.384. The zero-order valence-corrected chi connectivity index (χ0v) is 13.0. The van der Waals surface area contributed by atoms with E-state index in [-0.39, 0.29) is 11.3 Å². The number of non-ortho nitro benzene ring substituents is 1. The van der Waals surface area contributed by atoms with Crippen LogP contribution in [0.4, 0.5) is 10.1 Å². The van der Waals surface area contributed by atoms with E-state index >= 15 is 0 Å². The monoisotopic (exact) mass is 334 g/mol. The number of thioether (sulfide) groups is 1. The van der Waals surface area contributed by atoms with Crippen LogP contribution in [-0.2, 0) is 0 Å². The zero-order valence-electron chi connectivity index (χ0n) is 12.2. The van der Waals surface area contributed by atoms with Crippen molar-refractivity contribution in [3.05, 3.63) is 70.0 Å².